The molecule has 0 aliphatic carbocycles. The Kier molecular flexibility index (Phi) is 5.37. The molecule has 6 heteroatoms. The van der Waals surface area contributed by atoms with Gasteiger partial charge < -0.3 is 21.1 Å². The number of ether oxygens (including phenoxy) is 1. The zero-order chi connectivity index (χ0) is 15.3. The second kappa shape index (κ2) is 6.79. The molecule has 0 unspecified atom stereocenters. The van der Waals surface area contributed by atoms with E-state index in [-0.39, 0.29) is 18.4 Å². The summed E-state index contributed by atoms with van der Waals surface area (Å²) >= 11 is 0. The van der Waals surface area contributed by atoms with E-state index in [1.807, 2.05) is 13.8 Å². The molecule has 1 rings (SSSR count). The van der Waals surface area contributed by atoms with Crippen LogP contribution >= 0.6 is 0 Å². The number of carbonyl (C=O) groups excluding carboxylic acids is 2. The third-order valence-electron chi connectivity index (χ3n) is 2.70. The molecule has 0 bridgehead atoms. The van der Waals surface area contributed by atoms with E-state index in [0.717, 1.165) is 0 Å². The Balaban J connectivity index is 2.98. The van der Waals surface area contributed by atoms with E-state index in [4.69, 9.17) is 16.2 Å². The van der Waals surface area contributed by atoms with Gasteiger partial charge in [0, 0.05) is 12.1 Å². The molecule has 1 aromatic rings. The van der Waals surface area contributed by atoms with E-state index in [0.29, 0.717) is 23.5 Å². The molecule has 0 aliphatic heterocycles. The molecular formula is C14H21N3O3. The first kappa shape index (κ1) is 15.8. The predicted octanol–water partition coefficient (Wildman–Crippen LogP) is 0.861. The Labute approximate surface area is 118 Å². The van der Waals surface area contributed by atoms with Crippen molar-refractivity contribution in [2.24, 2.45) is 11.7 Å². The van der Waals surface area contributed by atoms with Crippen LogP contribution in [0.4, 0.5) is 5.69 Å². The van der Waals surface area contributed by atoms with Crippen LogP contribution in [0.5, 0.6) is 5.75 Å². The quantitative estimate of drug-likeness (QED) is 0.754. The highest BCUT2D eigenvalue weighted by Gasteiger charge is 2.19. The number of nitrogens with zero attached hydrogens (tertiary/aromatic N) is 1. The highest BCUT2D eigenvalue weighted by molar-refractivity contribution is 5.97. The van der Waals surface area contributed by atoms with Crippen molar-refractivity contribution in [1.82, 2.24) is 4.90 Å². The lowest BCUT2D eigenvalue weighted by Gasteiger charge is -2.23. The van der Waals surface area contributed by atoms with Crippen molar-refractivity contribution >= 4 is 17.5 Å². The topological polar surface area (TPSA) is 98.6 Å². The van der Waals surface area contributed by atoms with Gasteiger partial charge in [-0.2, -0.15) is 0 Å². The molecule has 0 heterocycles. The summed E-state index contributed by atoms with van der Waals surface area (Å²) in [5.41, 5.74) is 11.8. The summed E-state index contributed by atoms with van der Waals surface area (Å²) < 4.78 is 5.05. The number of carbonyl (C=O) groups is 2. The zero-order valence-corrected chi connectivity index (χ0v) is 12.1. The number of methoxy groups -OCH3 is 1. The van der Waals surface area contributed by atoms with Crippen LogP contribution in [-0.4, -0.2) is 36.9 Å². The summed E-state index contributed by atoms with van der Waals surface area (Å²) in [5, 5.41) is 0. The van der Waals surface area contributed by atoms with E-state index in [2.05, 4.69) is 0 Å². The number of anilines is 1. The molecule has 110 valence electrons. The summed E-state index contributed by atoms with van der Waals surface area (Å²) in [5.74, 6) is -0.0758. The van der Waals surface area contributed by atoms with Crippen LogP contribution in [0.1, 0.15) is 24.2 Å². The van der Waals surface area contributed by atoms with Gasteiger partial charge in [0.05, 0.1) is 19.3 Å². The van der Waals surface area contributed by atoms with Crippen molar-refractivity contribution < 1.29 is 14.3 Å². The number of nitrogen functional groups attached to an aromatic ring is 1. The highest BCUT2D eigenvalue weighted by Crippen LogP contribution is 2.22. The summed E-state index contributed by atoms with van der Waals surface area (Å²) in [4.78, 5) is 24.9. The SMILES string of the molecule is COc1ccc(C(=O)N(CC(N)=O)CC(C)C)cc1N. The second-order valence-electron chi connectivity index (χ2n) is 5.00. The summed E-state index contributed by atoms with van der Waals surface area (Å²) in [6.45, 7) is 4.27. The van der Waals surface area contributed by atoms with E-state index in [9.17, 15) is 9.59 Å². The fourth-order valence-electron chi connectivity index (χ4n) is 1.90. The van der Waals surface area contributed by atoms with Crippen LogP contribution in [0.25, 0.3) is 0 Å². The van der Waals surface area contributed by atoms with Gasteiger partial charge in [0.2, 0.25) is 5.91 Å². The molecule has 0 spiro atoms. The van der Waals surface area contributed by atoms with Crippen LogP contribution < -0.4 is 16.2 Å². The van der Waals surface area contributed by atoms with Crippen LogP contribution in [0.15, 0.2) is 18.2 Å². The lowest BCUT2D eigenvalue weighted by Crippen LogP contribution is -2.40. The minimum absolute atomic E-state index is 0.108. The van der Waals surface area contributed by atoms with Gasteiger partial charge in [0.25, 0.3) is 5.91 Å². The number of amides is 2. The third kappa shape index (κ3) is 4.15. The van der Waals surface area contributed by atoms with Crippen LogP contribution in [0.3, 0.4) is 0 Å². The molecule has 6 nitrogen and oxygen atoms in total. The smallest absolute Gasteiger partial charge is 0.254 e. The van der Waals surface area contributed by atoms with E-state index >= 15 is 0 Å². The number of hydrogen-bond donors (Lipinski definition) is 2. The summed E-state index contributed by atoms with van der Waals surface area (Å²) in [6.07, 6.45) is 0. The van der Waals surface area contributed by atoms with Crippen molar-refractivity contribution in [3.63, 3.8) is 0 Å². The fourth-order valence-corrected chi connectivity index (χ4v) is 1.90. The Bertz CT molecular complexity index is 500. The highest BCUT2D eigenvalue weighted by atomic mass is 16.5. The first-order valence-electron chi connectivity index (χ1n) is 6.36. The number of hydrogen-bond acceptors (Lipinski definition) is 4. The maximum atomic E-state index is 12.4. The number of rotatable bonds is 6. The maximum absolute atomic E-state index is 12.4. The molecule has 2 amide bonds. The zero-order valence-electron chi connectivity index (χ0n) is 12.1. The molecular weight excluding hydrogens is 258 g/mol. The minimum atomic E-state index is -0.541. The monoisotopic (exact) mass is 279 g/mol. The van der Waals surface area contributed by atoms with Crippen molar-refractivity contribution in [1.29, 1.82) is 0 Å². The molecule has 0 aliphatic rings. The average molecular weight is 279 g/mol. The van der Waals surface area contributed by atoms with Crippen LogP contribution in [0, 0.1) is 5.92 Å². The first-order valence-corrected chi connectivity index (χ1v) is 6.36. The molecule has 0 radical (unpaired) electrons. The first-order chi connectivity index (χ1) is 9.35. The van der Waals surface area contributed by atoms with E-state index in [1.54, 1.807) is 12.1 Å². The average Bonchev–Trinajstić information content (AvgIpc) is 2.35. The minimum Gasteiger partial charge on any atom is -0.495 e. The number of benzene rings is 1. The normalized spacial score (nSPS) is 10.4. The predicted molar refractivity (Wildman–Crippen MR) is 77.3 cm³/mol. The van der Waals surface area contributed by atoms with E-state index < -0.39 is 5.91 Å². The largest absolute Gasteiger partial charge is 0.495 e. The molecule has 0 atom stereocenters. The van der Waals surface area contributed by atoms with Gasteiger partial charge in [-0.3, -0.25) is 9.59 Å². The molecule has 0 aromatic heterocycles. The van der Waals surface area contributed by atoms with Gasteiger partial charge in [0.15, 0.2) is 0 Å². The number of nitrogens with two attached hydrogens (primary N) is 2. The van der Waals surface area contributed by atoms with Crippen molar-refractivity contribution in [3.05, 3.63) is 23.8 Å². The fraction of sp³-hybridized carbons (Fsp3) is 0.429. The molecule has 0 fully saturated rings. The lowest BCUT2D eigenvalue weighted by molar-refractivity contribution is -0.118. The van der Waals surface area contributed by atoms with Gasteiger partial charge in [0.1, 0.15) is 5.75 Å². The third-order valence-corrected chi connectivity index (χ3v) is 2.70. The summed E-state index contributed by atoms with van der Waals surface area (Å²) in [6, 6.07) is 4.78. The lowest BCUT2D eigenvalue weighted by atomic mass is 10.1. The number of primary amides is 1. The van der Waals surface area contributed by atoms with Crippen LogP contribution in [-0.2, 0) is 4.79 Å². The Morgan fingerprint density at radius 3 is 2.45 bits per heavy atom. The van der Waals surface area contributed by atoms with Crippen molar-refractivity contribution in [2.75, 3.05) is 25.9 Å². The molecule has 20 heavy (non-hydrogen) atoms. The van der Waals surface area contributed by atoms with E-state index in [1.165, 1.54) is 18.1 Å². The van der Waals surface area contributed by atoms with Gasteiger partial charge in [-0.25, -0.2) is 0 Å². The van der Waals surface area contributed by atoms with Crippen LogP contribution in [0.2, 0.25) is 0 Å². The Morgan fingerprint density at radius 1 is 1.35 bits per heavy atom. The van der Waals surface area contributed by atoms with Crippen molar-refractivity contribution in [3.8, 4) is 5.75 Å². The molecule has 0 saturated carbocycles. The summed E-state index contributed by atoms with van der Waals surface area (Å²) in [7, 11) is 1.51. The molecule has 1 aromatic carbocycles. The molecule has 0 saturated heterocycles. The van der Waals surface area contributed by atoms with Crippen molar-refractivity contribution in [2.45, 2.75) is 13.8 Å². The Hall–Kier alpha value is -2.24. The Morgan fingerprint density at radius 2 is 2.00 bits per heavy atom. The van der Waals surface area contributed by atoms with Gasteiger partial charge in [-0.15, -0.1) is 0 Å². The van der Waals surface area contributed by atoms with Gasteiger partial charge in [-0.1, -0.05) is 13.8 Å². The second-order valence-corrected chi connectivity index (χ2v) is 5.00. The standard InChI is InChI=1S/C14H21N3O3/c1-9(2)7-17(8-13(16)18)14(19)10-4-5-12(20-3)11(15)6-10/h4-6,9H,7-8,15H2,1-3H3,(H2,16,18). The maximum Gasteiger partial charge on any atom is 0.254 e. The van der Waals surface area contributed by atoms with Gasteiger partial charge in [-0.05, 0) is 24.1 Å². The van der Waals surface area contributed by atoms with Gasteiger partial charge >= 0.3 is 0 Å². The molecule has 4 N–H and O–H groups in total.